The molecule has 30 heavy (non-hydrogen) atoms. The van der Waals surface area contributed by atoms with Gasteiger partial charge in [-0.25, -0.2) is 0 Å². The average molecular weight is 442 g/mol. The van der Waals surface area contributed by atoms with Crippen molar-refractivity contribution >= 4 is 29.3 Å². The minimum Gasteiger partial charge on any atom is -0.370 e. The number of hydrogen-bond acceptors (Lipinski definition) is 3. The summed E-state index contributed by atoms with van der Waals surface area (Å²) in [5.41, 5.74) is 5.03. The van der Waals surface area contributed by atoms with Crippen LogP contribution in [0.5, 0.6) is 0 Å². The fourth-order valence-electron chi connectivity index (χ4n) is 2.52. The fraction of sp³-hybridized carbons (Fsp3) is 0.250. The Hall–Kier alpha value is -3.07. The van der Waals surface area contributed by atoms with E-state index in [-0.39, 0.29) is 24.9 Å². The molecule has 10 heteroatoms. The molecule has 2 rings (SSSR count). The van der Waals surface area contributed by atoms with Crippen LogP contribution in [-0.2, 0) is 22.3 Å². The summed E-state index contributed by atoms with van der Waals surface area (Å²) in [6, 6.07) is 9.23. The number of primary amides is 1. The van der Waals surface area contributed by atoms with Crippen LogP contribution in [-0.4, -0.2) is 23.8 Å². The van der Waals surface area contributed by atoms with Gasteiger partial charge in [-0.1, -0.05) is 23.7 Å². The van der Waals surface area contributed by atoms with Crippen molar-refractivity contribution in [1.82, 2.24) is 10.6 Å². The van der Waals surface area contributed by atoms with Crippen LogP contribution in [0.4, 0.5) is 13.2 Å². The van der Waals surface area contributed by atoms with Crippen LogP contribution in [0.1, 0.15) is 34.3 Å². The molecule has 0 aliphatic rings. The lowest BCUT2D eigenvalue weighted by Gasteiger charge is -2.18. The third-order valence-electron chi connectivity index (χ3n) is 4.16. The highest BCUT2D eigenvalue weighted by Gasteiger charge is 2.30. The lowest BCUT2D eigenvalue weighted by molar-refractivity contribution is -0.137. The molecule has 6 nitrogen and oxygen atoms in total. The van der Waals surface area contributed by atoms with Crippen molar-refractivity contribution in [1.29, 1.82) is 0 Å². The van der Waals surface area contributed by atoms with Crippen LogP contribution in [0.2, 0.25) is 5.02 Å². The van der Waals surface area contributed by atoms with E-state index >= 15 is 0 Å². The largest absolute Gasteiger partial charge is 0.416 e. The van der Waals surface area contributed by atoms with Gasteiger partial charge in [0.2, 0.25) is 11.8 Å². The summed E-state index contributed by atoms with van der Waals surface area (Å²) >= 11 is 5.78. The molecule has 3 amide bonds. The zero-order chi connectivity index (χ0) is 22.3. The number of nitrogens with two attached hydrogens (primary N) is 1. The number of alkyl halides is 3. The van der Waals surface area contributed by atoms with Crippen molar-refractivity contribution < 1.29 is 27.6 Å². The standard InChI is InChI=1S/C20H19ClF3N3O3/c21-15-7-3-13(4-8-15)18(29)27-16(9-10-17(25)28)19(30)26-11-12-1-5-14(6-2-12)20(22,23)24/h1-8,16H,9-11H2,(H2,25,28)(H,26,30)(H,27,29). The van der Waals surface area contributed by atoms with Gasteiger partial charge in [-0.3, -0.25) is 14.4 Å². The molecule has 0 fully saturated rings. The summed E-state index contributed by atoms with van der Waals surface area (Å²) in [6.45, 7) is -0.0547. The van der Waals surface area contributed by atoms with E-state index in [9.17, 15) is 27.6 Å². The smallest absolute Gasteiger partial charge is 0.370 e. The summed E-state index contributed by atoms with van der Waals surface area (Å²) in [5.74, 6) is -1.79. The molecule has 4 N–H and O–H groups in total. The molecule has 0 saturated heterocycles. The molecular formula is C20H19ClF3N3O3. The fourth-order valence-corrected chi connectivity index (χ4v) is 2.65. The number of halogens is 4. The van der Waals surface area contributed by atoms with Crippen LogP contribution in [0.25, 0.3) is 0 Å². The second kappa shape index (κ2) is 10.1. The molecule has 0 saturated carbocycles. The average Bonchev–Trinajstić information content (AvgIpc) is 2.69. The minimum absolute atomic E-state index is 0.0342. The number of carbonyl (C=O) groups is 3. The normalized spacial score (nSPS) is 12.1. The highest BCUT2D eigenvalue weighted by atomic mass is 35.5. The Bertz CT molecular complexity index is 900. The van der Waals surface area contributed by atoms with Gasteiger partial charge in [0.25, 0.3) is 5.91 Å². The number of rotatable bonds is 8. The molecule has 0 aromatic heterocycles. The Labute approximate surface area is 175 Å². The highest BCUT2D eigenvalue weighted by molar-refractivity contribution is 6.30. The minimum atomic E-state index is -4.45. The topological polar surface area (TPSA) is 101 Å². The Morgan fingerprint density at radius 2 is 1.60 bits per heavy atom. The summed E-state index contributed by atoms with van der Waals surface area (Å²) < 4.78 is 37.9. The molecule has 1 unspecified atom stereocenters. The molecule has 1 atom stereocenters. The Balaban J connectivity index is 2.02. The SMILES string of the molecule is NC(=O)CCC(NC(=O)c1ccc(Cl)cc1)C(=O)NCc1ccc(C(F)(F)F)cc1. The Morgan fingerprint density at radius 3 is 2.13 bits per heavy atom. The predicted molar refractivity (Wildman–Crippen MR) is 104 cm³/mol. The molecule has 2 aromatic rings. The zero-order valence-electron chi connectivity index (χ0n) is 15.6. The van der Waals surface area contributed by atoms with E-state index in [1.165, 1.54) is 36.4 Å². The van der Waals surface area contributed by atoms with Gasteiger partial charge in [0.05, 0.1) is 5.56 Å². The van der Waals surface area contributed by atoms with Crippen molar-refractivity contribution in [2.75, 3.05) is 0 Å². The predicted octanol–water partition coefficient (Wildman–Crippen LogP) is 3.04. The maximum Gasteiger partial charge on any atom is 0.416 e. The molecule has 0 spiro atoms. The van der Waals surface area contributed by atoms with E-state index in [1.807, 2.05) is 0 Å². The summed E-state index contributed by atoms with van der Waals surface area (Å²) in [4.78, 5) is 35.9. The van der Waals surface area contributed by atoms with Crippen molar-refractivity contribution in [3.8, 4) is 0 Å². The molecule has 160 valence electrons. The van der Waals surface area contributed by atoms with E-state index in [0.29, 0.717) is 10.6 Å². The van der Waals surface area contributed by atoms with Gasteiger partial charge in [-0.2, -0.15) is 13.2 Å². The first-order valence-electron chi connectivity index (χ1n) is 8.85. The second-order valence-corrected chi connectivity index (χ2v) is 6.89. The number of amides is 3. The van der Waals surface area contributed by atoms with E-state index in [0.717, 1.165) is 12.1 Å². The first-order valence-corrected chi connectivity index (χ1v) is 9.22. The number of carbonyl (C=O) groups excluding carboxylic acids is 3. The van der Waals surface area contributed by atoms with Gasteiger partial charge in [-0.15, -0.1) is 0 Å². The molecule has 0 bridgehead atoms. The lowest BCUT2D eigenvalue weighted by Crippen LogP contribution is -2.47. The number of nitrogens with one attached hydrogen (secondary N) is 2. The molecule has 0 heterocycles. The Morgan fingerprint density at radius 1 is 1.00 bits per heavy atom. The van der Waals surface area contributed by atoms with Gasteiger partial charge < -0.3 is 16.4 Å². The van der Waals surface area contributed by atoms with E-state index in [1.54, 1.807) is 0 Å². The van der Waals surface area contributed by atoms with Crippen molar-refractivity contribution in [3.63, 3.8) is 0 Å². The highest BCUT2D eigenvalue weighted by Crippen LogP contribution is 2.29. The summed E-state index contributed by atoms with van der Waals surface area (Å²) in [6.07, 6.45) is -4.62. The molecule has 0 aliphatic heterocycles. The molecular weight excluding hydrogens is 423 g/mol. The van der Waals surface area contributed by atoms with Crippen LogP contribution in [0.15, 0.2) is 48.5 Å². The molecule has 0 aliphatic carbocycles. The Kier molecular flexibility index (Phi) is 7.82. The first kappa shape index (κ1) is 23.2. The maximum absolute atomic E-state index is 12.6. The van der Waals surface area contributed by atoms with Crippen LogP contribution < -0.4 is 16.4 Å². The van der Waals surface area contributed by atoms with Gasteiger partial charge in [0.1, 0.15) is 6.04 Å². The van der Waals surface area contributed by atoms with E-state index < -0.39 is 35.5 Å². The lowest BCUT2D eigenvalue weighted by atomic mass is 10.1. The molecule has 2 aromatic carbocycles. The van der Waals surface area contributed by atoms with E-state index in [4.69, 9.17) is 17.3 Å². The summed E-state index contributed by atoms with van der Waals surface area (Å²) in [5, 5.41) is 5.50. The van der Waals surface area contributed by atoms with Crippen LogP contribution in [0.3, 0.4) is 0 Å². The van der Waals surface area contributed by atoms with Gasteiger partial charge >= 0.3 is 6.18 Å². The van der Waals surface area contributed by atoms with Gasteiger partial charge in [-0.05, 0) is 48.4 Å². The van der Waals surface area contributed by atoms with Gasteiger partial charge in [0, 0.05) is 23.6 Å². The quantitative estimate of drug-likeness (QED) is 0.586. The monoisotopic (exact) mass is 441 g/mol. The van der Waals surface area contributed by atoms with Gasteiger partial charge in [0.15, 0.2) is 0 Å². The maximum atomic E-state index is 12.6. The molecule has 0 radical (unpaired) electrons. The number of hydrogen-bond donors (Lipinski definition) is 3. The first-order chi connectivity index (χ1) is 14.1. The van der Waals surface area contributed by atoms with Crippen LogP contribution >= 0.6 is 11.6 Å². The van der Waals surface area contributed by atoms with Crippen molar-refractivity contribution in [2.45, 2.75) is 31.6 Å². The van der Waals surface area contributed by atoms with Crippen molar-refractivity contribution in [3.05, 3.63) is 70.2 Å². The van der Waals surface area contributed by atoms with Crippen molar-refractivity contribution in [2.24, 2.45) is 5.73 Å². The third kappa shape index (κ3) is 7.07. The third-order valence-corrected chi connectivity index (χ3v) is 4.41. The van der Waals surface area contributed by atoms with Crippen LogP contribution in [0, 0.1) is 0 Å². The van der Waals surface area contributed by atoms with E-state index in [2.05, 4.69) is 10.6 Å². The summed E-state index contributed by atoms with van der Waals surface area (Å²) in [7, 11) is 0. The zero-order valence-corrected chi connectivity index (χ0v) is 16.4. The second-order valence-electron chi connectivity index (χ2n) is 6.45. The number of benzene rings is 2.